The van der Waals surface area contributed by atoms with Crippen LogP contribution in [0, 0.1) is 11.3 Å². The molecule has 0 aromatic carbocycles. The van der Waals surface area contributed by atoms with Crippen LogP contribution in [0.25, 0.3) is 0 Å². The molecule has 2 saturated heterocycles. The topological polar surface area (TPSA) is 45.7 Å². The molecule has 134 valence electrons. The lowest BCUT2D eigenvalue weighted by Gasteiger charge is -2.30. The molecule has 3 rings (SSSR count). The summed E-state index contributed by atoms with van der Waals surface area (Å²) in [7, 11) is 0. The second-order valence-corrected chi connectivity index (χ2v) is 8.03. The molecule has 3 unspecified atom stereocenters. The molecule has 0 aromatic heterocycles. The Kier molecular flexibility index (Phi) is 7.01. The Morgan fingerprint density at radius 1 is 1.17 bits per heavy atom. The van der Waals surface area contributed by atoms with E-state index < -0.39 is 0 Å². The van der Waals surface area contributed by atoms with Crippen LogP contribution in [0.1, 0.15) is 65.7 Å². The van der Waals surface area contributed by atoms with Crippen molar-refractivity contribution >= 4 is 29.9 Å². The molecule has 0 amide bonds. The van der Waals surface area contributed by atoms with Gasteiger partial charge in [-0.25, -0.2) is 0 Å². The van der Waals surface area contributed by atoms with Crippen molar-refractivity contribution in [3.8, 4) is 0 Å². The molecule has 2 aliphatic heterocycles. The molecule has 1 aliphatic carbocycles. The molecule has 3 fully saturated rings. The summed E-state index contributed by atoms with van der Waals surface area (Å²) < 4.78 is 5.95. The number of fused-ring (bicyclic) bond motifs is 2. The fourth-order valence-corrected chi connectivity index (χ4v) is 4.40. The Bertz CT molecular complexity index is 407. The van der Waals surface area contributed by atoms with Crippen LogP contribution in [0.4, 0.5) is 0 Å². The minimum Gasteiger partial charge on any atom is -0.373 e. The Balaban J connectivity index is 0.00000192. The highest BCUT2D eigenvalue weighted by Crippen LogP contribution is 2.39. The van der Waals surface area contributed by atoms with Crippen molar-refractivity contribution in [1.82, 2.24) is 10.6 Å². The standard InChI is InChI=1S/C18H33N3O.HI/c1-4-19-17(21-15-11-14-9-10-16(15)22-14)20-12-18(2,3)13-7-5-6-8-13;/h13-16H,4-12H2,1-3H3,(H2,19,20,21);1H. The molecular formula is C18H34IN3O. The summed E-state index contributed by atoms with van der Waals surface area (Å²) in [5, 5.41) is 7.04. The van der Waals surface area contributed by atoms with Crippen molar-refractivity contribution in [3.05, 3.63) is 0 Å². The summed E-state index contributed by atoms with van der Waals surface area (Å²) in [5.74, 6) is 1.82. The van der Waals surface area contributed by atoms with Gasteiger partial charge in [-0.05, 0) is 50.4 Å². The third kappa shape index (κ3) is 4.74. The molecule has 2 bridgehead atoms. The van der Waals surface area contributed by atoms with Crippen LogP contribution in [0.15, 0.2) is 4.99 Å². The quantitative estimate of drug-likeness (QED) is 0.393. The van der Waals surface area contributed by atoms with E-state index >= 15 is 0 Å². The lowest BCUT2D eigenvalue weighted by atomic mass is 9.78. The van der Waals surface area contributed by atoms with Gasteiger partial charge in [0.15, 0.2) is 5.96 Å². The number of ether oxygens (including phenoxy) is 1. The lowest BCUT2D eigenvalue weighted by Crippen LogP contribution is -2.47. The van der Waals surface area contributed by atoms with Crippen LogP contribution in [0.5, 0.6) is 0 Å². The third-order valence-corrected chi connectivity index (χ3v) is 5.88. The van der Waals surface area contributed by atoms with Crippen molar-refractivity contribution in [3.63, 3.8) is 0 Å². The first-order valence-electron chi connectivity index (χ1n) is 9.29. The van der Waals surface area contributed by atoms with Gasteiger partial charge in [-0.15, -0.1) is 24.0 Å². The molecule has 4 nitrogen and oxygen atoms in total. The largest absolute Gasteiger partial charge is 0.373 e. The van der Waals surface area contributed by atoms with Gasteiger partial charge in [0, 0.05) is 13.1 Å². The number of halogens is 1. The van der Waals surface area contributed by atoms with Gasteiger partial charge in [0.2, 0.25) is 0 Å². The van der Waals surface area contributed by atoms with E-state index in [-0.39, 0.29) is 24.0 Å². The molecule has 5 heteroatoms. The summed E-state index contributed by atoms with van der Waals surface area (Å²) >= 11 is 0. The number of guanidine groups is 1. The van der Waals surface area contributed by atoms with Crippen molar-refractivity contribution in [2.75, 3.05) is 13.1 Å². The molecule has 3 atom stereocenters. The highest BCUT2D eigenvalue weighted by molar-refractivity contribution is 14.0. The fraction of sp³-hybridized carbons (Fsp3) is 0.944. The van der Waals surface area contributed by atoms with Gasteiger partial charge in [0.25, 0.3) is 0 Å². The zero-order valence-electron chi connectivity index (χ0n) is 14.9. The van der Waals surface area contributed by atoms with Crippen LogP contribution < -0.4 is 10.6 Å². The second kappa shape index (κ2) is 8.37. The number of nitrogens with one attached hydrogen (secondary N) is 2. The first-order chi connectivity index (χ1) is 10.6. The van der Waals surface area contributed by atoms with E-state index in [4.69, 9.17) is 9.73 Å². The van der Waals surface area contributed by atoms with Crippen molar-refractivity contribution in [2.24, 2.45) is 16.3 Å². The monoisotopic (exact) mass is 435 g/mol. The number of nitrogens with zero attached hydrogens (tertiary/aromatic N) is 1. The van der Waals surface area contributed by atoms with Crippen molar-refractivity contribution in [2.45, 2.75) is 84.0 Å². The van der Waals surface area contributed by atoms with E-state index in [1.807, 2.05) is 0 Å². The first kappa shape index (κ1) is 19.3. The smallest absolute Gasteiger partial charge is 0.191 e. The van der Waals surface area contributed by atoms with E-state index in [0.717, 1.165) is 31.4 Å². The number of hydrogen-bond acceptors (Lipinski definition) is 2. The van der Waals surface area contributed by atoms with E-state index in [1.54, 1.807) is 0 Å². The maximum absolute atomic E-state index is 5.95. The molecule has 0 spiro atoms. The van der Waals surface area contributed by atoms with Crippen molar-refractivity contribution in [1.29, 1.82) is 0 Å². The van der Waals surface area contributed by atoms with Gasteiger partial charge in [0.1, 0.15) is 0 Å². The second-order valence-electron chi connectivity index (χ2n) is 8.03. The van der Waals surface area contributed by atoms with Crippen LogP contribution in [-0.2, 0) is 4.74 Å². The molecule has 0 radical (unpaired) electrons. The van der Waals surface area contributed by atoms with Gasteiger partial charge >= 0.3 is 0 Å². The Morgan fingerprint density at radius 2 is 1.91 bits per heavy atom. The van der Waals surface area contributed by atoms with Gasteiger partial charge in [0.05, 0.1) is 18.2 Å². The summed E-state index contributed by atoms with van der Waals surface area (Å²) in [5.41, 5.74) is 0.310. The number of aliphatic imine (C=N–C) groups is 1. The lowest BCUT2D eigenvalue weighted by molar-refractivity contribution is 0.0992. The fourth-order valence-electron chi connectivity index (χ4n) is 4.40. The number of hydrogen-bond donors (Lipinski definition) is 2. The molecule has 2 N–H and O–H groups in total. The summed E-state index contributed by atoms with van der Waals surface area (Å²) in [6.07, 6.45) is 10.0. The van der Waals surface area contributed by atoms with Crippen LogP contribution >= 0.6 is 24.0 Å². The SMILES string of the molecule is CCNC(=NCC(C)(C)C1CCCC1)NC1CC2CCC1O2.I. The van der Waals surface area contributed by atoms with E-state index in [2.05, 4.69) is 31.4 Å². The maximum atomic E-state index is 5.95. The number of rotatable bonds is 5. The molecule has 23 heavy (non-hydrogen) atoms. The average molecular weight is 435 g/mol. The van der Waals surface area contributed by atoms with Crippen LogP contribution in [-0.4, -0.2) is 37.3 Å². The highest BCUT2D eigenvalue weighted by Gasteiger charge is 2.41. The Labute approximate surface area is 158 Å². The summed E-state index contributed by atoms with van der Waals surface area (Å²) in [6, 6.07) is 0.450. The predicted octanol–water partition coefficient (Wildman–Crippen LogP) is 3.70. The molecule has 0 aromatic rings. The minimum atomic E-state index is 0. The minimum absolute atomic E-state index is 0. The molecule has 3 aliphatic rings. The molecule has 2 heterocycles. The summed E-state index contributed by atoms with van der Waals surface area (Å²) in [4.78, 5) is 4.92. The van der Waals surface area contributed by atoms with Crippen molar-refractivity contribution < 1.29 is 4.74 Å². The average Bonchev–Trinajstić information content (AvgIpc) is 3.22. The van der Waals surface area contributed by atoms with Gasteiger partial charge < -0.3 is 15.4 Å². The van der Waals surface area contributed by atoms with Gasteiger partial charge in [-0.1, -0.05) is 26.7 Å². The van der Waals surface area contributed by atoms with Gasteiger partial charge in [-0.2, -0.15) is 0 Å². The zero-order valence-corrected chi connectivity index (χ0v) is 17.3. The maximum Gasteiger partial charge on any atom is 0.191 e. The van der Waals surface area contributed by atoms with Crippen LogP contribution in [0.3, 0.4) is 0 Å². The highest BCUT2D eigenvalue weighted by atomic mass is 127. The Hall–Kier alpha value is -0.0400. The zero-order chi connectivity index (χ0) is 15.6. The summed E-state index contributed by atoms with van der Waals surface area (Å²) in [6.45, 7) is 8.73. The third-order valence-electron chi connectivity index (χ3n) is 5.88. The van der Waals surface area contributed by atoms with E-state index in [1.165, 1.54) is 38.5 Å². The van der Waals surface area contributed by atoms with Gasteiger partial charge in [-0.3, -0.25) is 4.99 Å². The van der Waals surface area contributed by atoms with E-state index in [0.29, 0.717) is 23.7 Å². The van der Waals surface area contributed by atoms with Crippen LogP contribution in [0.2, 0.25) is 0 Å². The molecule has 1 saturated carbocycles. The molecular weight excluding hydrogens is 401 g/mol. The predicted molar refractivity (Wildman–Crippen MR) is 107 cm³/mol. The Morgan fingerprint density at radius 3 is 2.48 bits per heavy atom. The van der Waals surface area contributed by atoms with E-state index in [9.17, 15) is 0 Å². The normalized spacial score (nSPS) is 31.3. The first-order valence-corrected chi connectivity index (χ1v) is 9.29.